The van der Waals surface area contributed by atoms with Crippen LogP contribution in [-0.4, -0.2) is 25.3 Å². The van der Waals surface area contributed by atoms with Crippen molar-refractivity contribution in [3.63, 3.8) is 0 Å². The number of methoxy groups -OCH3 is 2. The summed E-state index contributed by atoms with van der Waals surface area (Å²) in [7, 11) is 3.18. The number of hydrogen-bond acceptors (Lipinski definition) is 4. The fourth-order valence-electron chi connectivity index (χ4n) is 2.03. The van der Waals surface area contributed by atoms with Gasteiger partial charge in [-0.1, -0.05) is 12.1 Å². The summed E-state index contributed by atoms with van der Waals surface area (Å²) in [6.07, 6.45) is 2.62. The second kappa shape index (κ2) is 7.89. The smallest absolute Gasteiger partial charge is 0.328 e. The molecule has 5 nitrogen and oxygen atoms in total. The summed E-state index contributed by atoms with van der Waals surface area (Å²) in [5.74, 6) is 1.08. The minimum atomic E-state index is -0.991. The quantitative estimate of drug-likeness (QED) is 0.794. The minimum Gasteiger partial charge on any atom is -0.497 e. The van der Waals surface area contributed by atoms with Gasteiger partial charge in [-0.15, -0.1) is 0 Å². The van der Waals surface area contributed by atoms with E-state index in [0.29, 0.717) is 23.9 Å². The summed E-state index contributed by atoms with van der Waals surface area (Å²) in [5.41, 5.74) is 1.58. The van der Waals surface area contributed by atoms with Crippen molar-refractivity contribution < 1.29 is 24.1 Å². The first-order valence-electron chi connectivity index (χ1n) is 6.97. The first-order valence-corrected chi connectivity index (χ1v) is 6.97. The lowest BCUT2D eigenvalue weighted by Gasteiger charge is -2.12. The predicted octanol–water partition coefficient (Wildman–Crippen LogP) is 3.38. The molecule has 0 unspecified atom stereocenters. The molecule has 0 heterocycles. The molecule has 2 rings (SSSR count). The molecule has 5 heteroatoms. The normalized spacial score (nSPS) is 10.5. The number of rotatable bonds is 7. The first kappa shape index (κ1) is 16.4. The second-order valence-electron chi connectivity index (χ2n) is 4.71. The Balaban J connectivity index is 2.16. The maximum Gasteiger partial charge on any atom is 0.328 e. The molecule has 0 radical (unpaired) electrons. The molecule has 23 heavy (non-hydrogen) atoms. The van der Waals surface area contributed by atoms with Crippen LogP contribution in [0.5, 0.6) is 17.2 Å². The minimum absolute atomic E-state index is 0.297. The van der Waals surface area contributed by atoms with Crippen molar-refractivity contribution >= 4 is 12.0 Å². The maximum absolute atomic E-state index is 10.6. The summed E-state index contributed by atoms with van der Waals surface area (Å²) < 4.78 is 16.2. The zero-order chi connectivity index (χ0) is 16.7. The van der Waals surface area contributed by atoms with E-state index in [2.05, 4.69) is 0 Å². The summed E-state index contributed by atoms with van der Waals surface area (Å²) in [6.45, 7) is 0.297. The van der Waals surface area contributed by atoms with Crippen molar-refractivity contribution in [2.45, 2.75) is 6.61 Å². The van der Waals surface area contributed by atoms with E-state index in [1.165, 1.54) is 6.08 Å². The summed E-state index contributed by atoms with van der Waals surface area (Å²) in [5, 5.41) is 8.70. The standard InChI is InChI=1S/C18H18O5/c1-21-15-4-3-5-16(11-15)23-12-14-10-13(7-9-18(19)20)6-8-17(14)22-2/h3-11H,12H2,1-2H3,(H,19,20). The molecule has 0 aliphatic heterocycles. The van der Waals surface area contributed by atoms with Gasteiger partial charge in [-0.2, -0.15) is 0 Å². The monoisotopic (exact) mass is 314 g/mol. The summed E-state index contributed by atoms with van der Waals surface area (Å²) >= 11 is 0. The zero-order valence-corrected chi connectivity index (χ0v) is 13.0. The highest BCUT2D eigenvalue weighted by Crippen LogP contribution is 2.24. The molecule has 120 valence electrons. The molecule has 0 aliphatic rings. The van der Waals surface area contributed by atoms with Crippen LogP contribution >= 0.6 is 0 Å². The Labute approximate surface area is 134 Å². The van der Waals surface area contributed by atoms with Gasteiger partial charge in [-0.25, -0.2) is 4.79 Å². The van der Waals surface area contributed by atoms with Gasteiger partial charge in [0.15, 0.2) is 0 Å². The molecule has 0 atom stereocenters. The zero-order valence-electron chi connectivity index (χ0n) is 13.0. The van der Waals surface area contributed by atoms with Crippen LogP contribution in [0.2, 0.25) is 0 Å². The van der Waals surface area contributed by atoms with Gasteiger partial charge >= 0.3 is 5.97 Å². The van der Waals surface area contributed by atoms with E-state index in [1.807, 2.05) is 24.3 Å². The van der Waals surface area contributed by atoms with Crippen LogP contribution in [0.25, 0.3) is 6.08 Å². The molecule has 0 saturated carbocycles. The van der Waals surface area contributed by atoms with Crippen LogP contribution < -0.4 is 14.2 Å². The van der Waals surface area contributed by atoms with E-state index in [0.717, 1.165) is 17.2 Å². The maximum atomic E-state index is 10.6. The van der Waals surface area contributed by atoms with Gasteiger partial charge in [0.1, 0.15) is 23.9 Å². The Bertz CT molecular complexity index is 706. The second-order valence-corrected chi connectivity index (χ2v) is 4.71. The predicted molar refractivity (Wildman–Crippen MR) is 87.0 cm³/mol. The van der Waals surface area contributed by atoms with E-state index in [-0.39, 0.29) is 0 Å². The van der Waals surface area contributed by atoms with Gasteiger partial charge in [-0.05, 0) is 35.9 Å². The third-order valence-corrected chi connectivity index (χ3v) is 3.16. The van der Waals surface area contributed by atoms with Crippen molar-refractivity contribution in [3.05, 3.63) is 59.7 Å². The van der Waals surface area contributed by atoms with Crippen LogP contribution in [0.1, 0.15) is 11.1 Å². The van der Waals surface area contributed by atoms with Gasteiger partial charge in [0.25, 0.3) is 0 Å². The van der Waals surface area contributed by atoms with Crippen molar-refractivity contribution in [1.82, 2.24) is 0 Å². The Kier molecular flexibility index (Phi) is 5.63. The Morgan fingerprint density at radius 3 is 2.57 bits per heavy atom. The van der Waals surface area contributed by atoms with Crippen molar-refractivity contribution in [2.75, 3.05) is 14.2 Å². The first-order chi connectivity index (χ1) is 11.1. The van der Waals surface area contributed by atoms with Gasteiger partial charge < -0.3 is 19.3 Å². The Morgan fingerprint density at radius 1 is 1.09 bits per heavy atom. The number of ether oxygens (including phenoxy) is 3. The molecule has 0 aliphatic carbocycles. The largest absolute Gasteiger partial charge is 0.497 e. The topological polar surface area (TPSA) is 65.0 Å². The average Bonchev–Trinajstić information content (AvgIpc) is 2.58. The summed E-state index contributed by atoms with van der Waals surface area (Å²) in [4.78, 5) is 10.6. The number of carbonyl (C=O) groups is 1. The van der Waals surface area contributed by atoms with Gasteiger partial charge in [-0.3, -0.25) is 0 Å². The van der Waals surface area contributed by atoms with Gasteiger partial charge in [0.2, 0.25) is 0 Å². The highest BCUT2D eigenvalue weighted by atomic mass is 16.5. The van der Waals surface area contributed by atoms with E-state index >= 15 is 0 Å². The molecule has 0 spiro atoms. The molecular formula is C18H18O5. The number of benzene rings is 2. The van der Waals surface area contributed by atoms with Gasteiger partial charge in [0, 0.05) is 17.7 Å². The molecule has 0 fully saturated rings. The van der Waals surface area contributed by atoms with Crippen LogP contribution in [0.15, 0.2) is 48.5 Å². The van der Waals surface area contributed by atoms with Gasteiger partial charge in [0.05, 0.1) is 14.2 Å². The van der Waals surface area contributed by atoms with Crippen LogP contribution in [0.4, 0.5) is 0 Å². The highest BCUT2D eigenvalue weighted by molar-refractivity contribution is 5.85. The fraction of sp³-hybridized carbons (Fsp3) is 0.167. The summed E-state index contributed by atoms with van der Waals surface area (Å²) in [6, 6.07) is 12.7. The third kappa shape index (κ3) is 4.78. The van der Waals surface area contributed by atoms with E-state index in [1.54, 1.807) is 32.4 Å². The van der Waals surface area contributed by atoms with E-state index in [9.17, 15) is 4.79 Å². The number of carboxylic acid groups (broad SMARTS) is 1. The SMILES string of the molecule is COc1cccc(OCc2cc(C=CC(=O)O)ccc2OC)c1. The van der Waals surface area contributed by atoms with Crippen LogP contribution in [0, 0.1) is 0 Å². The molecule has 0 aromatic heterocycles. The molecule has 0 saturated heterocycles. The van der Waals surface area contributed by atoms with Crippen LogP contribution in [0.3, 0.4) is 0 Å². The molecular weight excluding hydrogens is 296 g/mol. The number of hydrogen-bond donors (Lipinski definition) is 1. The number of carboxylic acids is 1. The molecule has 1 N–H and O–H groups in total. The van der Waals surface area contributed by atoms with Crippen molar-refractivity contribution in [2.24, 2.45) is 0 Å². The lowest BCUT2D eigenvalue weighted by atomic mass is 10.1. The molecule has 2 aromatic rings. The number of aliphatic carboxylic acids is 1. The fourth-order valence-corrected chi connectivity index (χ4v) is 2.03. The van der Waals surface area contributed by atoms with E-state index in [4.69, 9.17) is 19.3 Å². The van der Waals surface area contributed by atoms with Crippen molar-refractivity contribution in [1.29, 1.82) is 0 Å². The lowest BCUT2D eigenvalue weighted by Crippen LogP contribution is -1.99. The molecule has 2 aromatic carbocycles. The molecule has 0 bridgehead atoms. The lowest BCUT2D eigenvalue weighted by molar-refractivity contribution is -0.131. The molecule has 0 amide bonds. The van der Waals surface area contributed by atoms with Crippen molar-refractivity contribution in [3.8, 4) is 17.2 Å². The average molecular weight is 314 g/mol. The Hall–Kier alpha value is -2.95. The highest BCUT2D eigenvalue weighted by Gasteiger charge is 2.06. The van der Waals surface area contributed by atoms with Crippen LogP contribution in [-0.2, 0) is 11.4 Å². The third-order valence-electron chi connectivity index (χ3n) is 3.16. The Morgan fingerprint density at radius 2 is 1.87 bits per heavy atom. The van der Waals surface area contributed by atoms with E-state index < -0.39 is 5.97 Å².